The van der Waals surface area contributed by atoms with Crippen molar-refractivity contribution in [3.63, 3.8) is 0 Å². The molecule has 0 radical (unpaired) electrons. The largest absolute Gasteiger partial charge is 0.477 e. The Morgan fingerprint density at radius 2 is 0.862 bits per heavy atom. The van der Waals surface area contributed by atoms with Gasteiger partial charge >= 0.3 is 17.9 Å². The maximum atomic E-state index is 12.8. The fourth-order valence-electron chi connectivity index (χ4n) is 8.09. The van der Waals surface area contributed by atoms with E-state index in [1.54, 1.807) is 0 Å². The van der Waals surface area contributed by atoms with Crippen LogP contribution in [0, 0.1) is 0 Å². The summed E-state index contributed by atoms with van der Waals surface area (Å²) in [5, 5.41) is 9.67. The van der Waals surface area contributed by atoms with Gasteiger partial charge in [-0.1, -0.05) is 223 Å². The molecule has 0 aromatic heterocycles. The van der Waals surface area contributed by atoms with Crippen LogP contribution in [0.2, 0.25) is 0 Å². The second kappa shape index (κ2) is 47.8. The molecular weight excluding hydrogens is 811 g/mol. The van der Waals surface area contributed by atoms with Crippen molar-refractivity contribution >= 4 is 17.9 Å². The highest BCUT2D eigenvalue weighted by molar-refractivity contribution is 5.72. The maximum Gasteiger partial charge on any atom is 0.362 e. The monoisotopic (exact) mass is 915 g/mol. The Labute approximate surface area is 401 Å². The molecule has 0 saturated heterocycles. The number of allylic oxidation sites excluding steroid dienone is 8. The summed E-state index contributed by atoms with van der Waals surface area (Å²) in [6.45, 7) is 4.66. The topological polar surface area (TPSA) is 99.1 Å². The van der Waals surface area contributed by atoms with E-state index in [1.807, 2.05) is 21.1 Å². The zero-order chi connectivity index (χ0) is 47.7. The summed E-state index contributed by atoms with van der Waals surface area (Å²) in [6.07, 6.45) is 58.8. The van der Waals surface area contributed by atoms with Crippen molar-refractivity contribution in [1.82, 2.24) is 0 Å². The second-order valence-corrected chi connectivity index (χ2v) is 19.5. The van der Waals surface area contributed by atoms with Crippen LogP contribution in [0.15, 0.2) is 48.6 Å². The van der Waals surface area contributed by atoms with Gasteiger partial charge in [0.2, 0.25) is 0 Å². The summed E-state index contributed by atoms with van der Waals surface area (Å²) < 4.78 is 17.4. The third-order valence-electron chi connectivity index (χ3n) is 12.2. The lowest BCUT2D eigenvalue weighted by Gasteiger charge is -2.31. The number of carboxylic acids is 1. The molecule has 0 rings (SSSR count). The molecule has 0 spiro atoms. The minimum absolute atomic E-state index is 0.0499. The molecule has 8 heteroatoms. The van der Waals surface area contributed by atoms with E-state index in [-0.39, 0.29) is 36.2 Å². The van der Waals surface area contributed by atoms with Gasteiger partial charge in [0.1, 0.15) is 6.61 Å². The number of hydrogen-bond donors (Lipinski definition) is 1. The molecule has 0 saturated carbocycles. The fourth-order valence-corrected chi connectivity index (χ4v) is 8.09. The molecule has 65 heavy (non-hydrogen) atoms. The average molecular weight is 915 g/mol. The van der Waals surface area contributed by atoms with Gasteiger partial charge in [0.15, 0.2) is 12.1 Å². The van der Waals surface area contributed by atoms with Crippen molar-refractivity contribution in [2.75, 3.05) is 41.0 Å². The highest BCUT2D eigenvalue weighted by Crippen LogP contribution is 2.17. The van der Waals surface area contributed by atoms with E-state index in [0.717, 1.165) is 64.2 Å². The molecule has 0 aliphatic rings. The molecule has 0 aromatic carbocycles. The lowest BCUT2D eigenvalue weighted by molar-refractivity contribution is -0.887. The standard InChI is InChI=1S/C57H103NO7/c1-6-8-10-12-14-16-18-20-22-24-26-27-28-29-30-32-34-36-38-40-42-44-46-48-56(60)65-53(51-63-50-49-54(57(61)62)58(3,4)5)52-64-55(59)47-45-43-41-39-37-35-33-31-25-23-21-19-17-15-13-11-9-7-2/h8,10,14,16,20,22,26-27,53-54H,6-7,9,11-13,15,17-19,21,23-25,28-52H2,1-5H3/p+1/b10-8+,16-14+,22-20+,27-26+. The minimum atomic E-state index is -0.873. The first-order chi connectivity index (χ1) is 31.6. The Kier molecular flexibility index (Phi) is 45.8. The highest BCUT2D eigenvalue weighted by atomic mass is 16.6. The summed E-state index contributed by atoms with van der Waals surface area (Å²) in [6, 6.07) is -0.616. The van der Waals surface area contributed by atoms with E-state index in [0.29, 0.717) is 19.3 Å². The number of hydrogen-bond acceptors (Lipinski definition) is 6. The molecule has 0 amide bonds. The molecular formula is C57H104NO7+. The number of quaternary nitrogens is 1. The van der Waals surface area contributed by atoms with Crippen LogP contribution in [-0.2, 0) is 28.6 Å². The molecule has 2 unspecified atom stereocenters. The Hall–Kier alpha value is -2.71. The van der Waals surface area contributed by atoms with Crippen molar-refractivity contribution in [2.24, 2.45) is 0 Å². The lowest BCUT2D eigenvalue weighted by Crippen LogP contribution is -2.50. The summed E-state index contributed by atoms with van der Waals surface area (Å²) >= 11 is 0. The summed E-state index contributed by atoms with van der Waals surface area (Å²) in [5.74, 6) is -1.46. The normalized spacial score (nSPS) is 13.2. The van der Waals surface area contributed by atoms with Gasteiger partial charge in [-0.3, -0.25) is 9.59 Å². The summed E-state index contributed by atoms with van der Waals surface area (Å²) in [4.78, 5) is 37.2. The summed E-state index contributed by atoms with van der Waals surface area (Å²) in [7, 11) is 5.54. The Bertz CT molecular complexity index is 1200. The van der Waals surface area contributed by atoms with Crippen LogP contribution in [0.1, 0.15) is 245 Å². The van der Waals surface area contributed by atoms with E-state index < -0.39 is 18.1 Å². The first-order valence-corrected chi connectivity index (χ1v) is 27.2. The Balaban J connectivity index is 4.19. The smallest absolute Gasteiger partial charge is 0.362 e. The van der Waals surface area contributed by atoms with Crippen LogP contribution < -0.4 is 0 Å². The fraction of sp³-hybridized carbons (Fsp3) is 0.807. The van der Waals surface area contributed by atoms with E-state index in [4.69, 9.17) is 14.2 Å². The van der Waals surface area contributed by atoms with Crippen LogP contribution in [0.4, 0.5) is 0 Å². The molecule has 0 bridgehead atoms. The first kappa shape index (κ1) is 62.3. The summed E-state index contributed by atoms with van der Waals surface area (Å²) in [5.41, 5.74) is 0. The molecule has 0 aliphatic heterocycles. The van der Waals surface area contributed by atoms with Crippen molar-refractivity contribution < 1.29 is 38.2 Å². The van der Waals surface area contributed by atoms with Gasteiger partial charge in [0.05, 0.1) is 34.4 Å². The third-order valence-corrected chi connectivity index (χ3v) is 12.2. The number of esters is 2. The Morgan fingerprint density at radius 3 is 1.28 bits per heavy atom. The third kappa shape index (κ3) is 46.2. The second-order valence-electron chi connectivity index (χ2n) is 19.5. The van der Waals surface area contributed by atoms with Gasteiger partial charge in [-0.25, -0.2) is 4.79 Å². The molecule has 378 valence electrons. The van der Waals surface area contributed by atoms with Crippen LogP contribution in [-0.4, -0.2) is 80.6 Å². The van der Waals surface area contributed by atoms with Gasteiger partial charge in [-0.05, 0) is 51.4 Å². The lowest BCUT2D eigenvalue weighted by atomic mass is 10.0. The average Bonchev–Trinajstić information content (AvgIpc) is 3.27. The molecule has 0 fully saturated rings. The zero-order valence-electron chi connectivity index (χ0n) is 43.2. The predicted octanol–water partition coefficient (Wildman–Crippen LogP) is 15.9. The SMILES string of the molecule is CC/C=C/C/C=C/C/C=C/C/C=C/CCCCCCCCCCCCC(=O)OC(COCCC(C(=O)O)[N+](C)(C)C)COC(=O)CCCCCCCCCCCCCCCCCCCC. The van der Waals surface area contributed by atoms with Gasteiger partial charge < -0.3 is 23.8 Å². The molecule has 0 aromatic rings. The number of carboxylic acid groups (broad SMARTS) is 1. The number of likely N-dealkylation sites (N-methyl/N-ethyl adjacent to an activating group) is 1. The number of carbonyl (C=O) groups is 3. The minimum Gasteiger partial charge on any atom is -0.477 e. The number of rotatable bonds is 49. The van der Waals surface area contributed by atoms with Crippen molar-refractivity contribution in [3.05, 3.63) is 48.6 Å². The number of aliphatic carboxylic acids is 1. The molecule has 0 aliphatic carbocycles. The van der Waals surface area contributed by atoms with Gasteiger partial charge in [-0.2, -0.15) is 0 Å². The Morgan fingerprint density at radius 1 is 0.477 bits per heavy atom. The van der Waals surface area contributed by atoms with E-state index in [2.05, 4.69) is 62.5 Å². The quantitative estimate of drug-likeness (QED) is 0.0281. The van der Waals surface area contributed by atoms with E-state index in [9.17, 15) is 19.5 Å². The van der Waals surface area contributed by atoms with Crippen molar-refractivity contribution in [1.29, 1.82) is 0 Å². The number of ether oxygens (including phenoxy) is 3. The van der Waals surface area contributed by atoms with E-state index >= 15 is 0 Å². The van der Waals surface area contributed by atoms with Crippen molar-refractivity contribution in [2.45, 2.75) is 257 Å². The molecule has 8 nitrogen and oxygen atoms in total. The van der Waals surface area contributed by atoms with E-state index in [1.165, 1.54) is 148 Å². The predicted molar refractivity (Wildman–Crippen MR) is 275 cm³/mol. The highest BCUT2D eigenvalue weighted by Gasteiger charge is 2.31. The van der Waals surface area contributed by atoms with Gasteiger partial charge in [0.25, 0.3) is 0 Å². The number of unbranched alkanes of at least 4 members (excludes halogenated alkanes) is 27. The van der Waals surface area contributed by atoms with Crippen LogP contribution in [0.25, 0.3) is 0 Å². The first-order valence-electron chi connectivity index (χ1n) is 27.2. The van der Waals surface area contributed by atoms with Crippen LogP contribution in [0.3, 0.4) is 0 Å². The van der Waals surface area contributed by atoms with Crippen LogP contribution in [0.5, 0.6) is 0 Å². The van der Waals surface area contributed by atoms with Crippen molar-refractivity contribution in [3.8, 4) is 0 Å². The molecule has 2 atom stereocenters. The maximum absolute atomic E-state index is 12.8. The molecule has 0 heterocycles. The zero-order valence-corrected chi connectivity index (χ0v) is 43.2. The molecule has 1 N–H and O–H groups in total. The number of carbonyl (C=O) groups excluding carboxylic acids is 2. The number of nitrogens with zero attached hydrogens (tertiary/aromatic N) is 1. The van der Waals surface area contributed by atoms with Gasteiger partial charge in [-0.15, -0.1) is 0 Å². The van der Waals surface area contributed by atoms with Crippen LogP contribution >= 0.6 is 0 Å². The van der Waals surface area contributed by atoms with Gasteiger partial charge in [0, 0.05) is 19.3 Å².